The first-order valence-electron chi connectivity index (χ1n) is 7.00. The fourth-order valence-corrected chi connectivity index (χ4v) is 1.58. The highest BCUT2D eigenvalue weighted by molar-refractivity contribution is 5.75. The molecule has 0 aromatic heterocycles. The zero-order chi connectivity index (χ0) is 13.8. The van der Waals surface area contributed by atoms with E-state index >= 15 is 0 Å². The minimum atomic E-state index is -0.191. The molecule has 18 heavy (non-hydrogen) atoms. The summed E-state index contributed by atoms with van der Waals surface area (Å²) in [4.78, 5) is 11.5. The molecule has 0 aliphatic rings. The summed E-state index contributed by atoms with van der Waals surface area (Å²) in [6, 6.07) is -0.191. The Morgan fingerprint density at radius 1 is 1.22 bits per heavy atom. The highest BCUT2D eigenvalue weighted by Crippen LogP contribution is 2.02. The highest BCUT2D eigenvalue weighted by atomic mass is 16.5. The molecule has 0 spiro atoms. The van der Waals surface area contributed by atoms with Crippen LogP contribution in [-0.4, -0.2) is 38.9 Å². The van der Waals surface area contributed by atoms with Gasteiger partial charge in [0.05, 0.1) is 13.7 Å². The maximum Gasteiger partial charge on any atom is 0.322 e. The number of hydrogen-bond donors (Lipinski definition) is 1. The van der Waals surface area contributed by atoms with Crippen LogP contribution in [0.4, 0.5) is 0 Å². The molecule has 0 amide bonds. The Bertz CT molecular complexity index is 207. The zero-order valence-corrected chi connectivity index (χ0v) is 12.3. The first kappa shape index (κ1) is 17.4. The lowest BCUT2D eigenvalue weighted by molar-refractivity contribution is -0.143. The largest absolute Gasteiger partial charge is 0.468 e. The molecule has 0 bridgehead atoms. The van der Waals surface area contributed by atoms with Crippen LogP contribution in [0.15, 0.2) is 0 Å². The van der Waals surface area contributed by atoms with Crippen molar-refractivity contribution >= 4 is 5.97 Å². The number of carbonyl (C=O) groups is 1. The molecule has 1 unspecified atom stereocenters. The Balaban J connectivity index is 3.65. The number of methoxy groups -OCH3 is 1. The molecular weight excluding hydrogens is 230 g/mol. The molecule has 0 rings (SSSR count). The minimum Gasteiger partial charge on any atom is -0.468 e. The summed E-state index contributed by atoms with van der Waals surface area (Å²) in [5, 5.41) is 3.19. The number of nitrogens with one attached hydrogen (secondary N) is 1. The first-order chi connectivity index (χ1) is 8.61. The second-order valence-corrected chi connectivity index (χ2v) is 4.97. The number of hydrogen-bond acceptors (Lipinski definition) is 4. The Labute approximate surface area is 111 Å². The Morgan fingerprint density at radius 2 is 1.94 bits per heavy atom. The SMILES string of the molecule is CCCCC(NCCOCCC(C)C)C(=O)OC. The number of carbonyl (C=O) groups excluding carboxylic acids is 1. The van der Waals surface area contributed by atoms with Gasteiger partial charge in [0.1, 0.15) is 6.04 Å². The Hall–Kier alpha value is -0.610. The van der Waals surface area contributed by atoms with Gasteiger partial charge in [0.25, 0.3) is 0 Å². The molecular formula is C14H29NO3. The van der Waals surface area contributed by atoms with Crippen LogP contribution < -0.4 is 5.32 Å². The van der Waals surface area contributed by atoms with Crippen LogP contribution in [0.3, 0.4) is 0 Å². The Morgan fingerprint density at radius 3 is 2.50 bits per heavy atom. The zero-order valence-electron chi connectivity index (χ0n) is 12.3. The third-order valence-electron chi connectivity index (χ3n) is 2.81. The van der Waals surface area contributed by atoms with Gasteiger partial charge in [0.15, 0.2) is 0 Å². The smallest absolute Gasteiger partial charge is 0.322 e. The molecule has 0 saturated heterocycles. The van der Waals surface area contributed by atoms with Crippen LogP contribution in [0.25, 0.3) is 0 Å². The van der Waals surface area contributed by atoms with Gasteiger partial charge in [-0.2, -0.15) is 0 Å². The van der Waals surface area contributed by atoms with Crippen LogP contribution in [0.1, 0.15) is 46.5 Å². The van der Waals surface area contributed by atoms with Crippen LogP contribution in [0.2, 0.25) is 0 Å². The van der Waals surface area contributed by atoms with Crippen LogP contribution >= 0.6 is 0 Å². The van der Waals surface area contributed by atoms with Crippen molar-refractivity contribution in [3.8, 4) is 0 Å². The van der Waals surface area contributed by atoms with E-state index in [1.54, 1.807) is 0 Å². The molecule has 0 aromatic carbocycles. The molecule has 0 aromatic rings. The van der Waals surface area contributed by atoms with Crippen molar-refractivity contribution < 1.29 is 14.3 Å². The van der Waals surface area contributed by atoms with Gasteiger partial charge >= 0.3 is 5.97 Å². The van der Waals surface area contributed by atoms with Crippen molar-refractivity contribution in [3.63, 3.8) is 0 Å². The van der Waals surface area contributed by atoms with Gasteiger partial charge in [-0.15, -0.1) is 0 Å². The fourth-order valence-electron chi connectivity index (χ4n) is 1.58. The first-order valence-corrected chi connectivity index (χ1v) is 7.00. The third-order valence-corrected chi connectivity index (χ3v) is 2.81. The maximum absolute atomic E-state index is 11.5. The monoisotopic (exact) mass is 259 g/mol. The topological polar surface area (TPSA) is 47.6 Å². The van der Waals surface area contributed by atoms with E-state index in [9.17, 15) is 4.79 Å². The molecule has 1 atom stereocenters. The molecule has 1 N–H and O–H groups in total. The van der Waals surface area contributed by atoms with Crippen molar-refractivity contribution in [1.29, 1.82) is 0 Å². The standard InChI is InChI=1S/C14H29NO3/c1-5-6-7-13(14(16)17-4)15-9-11-18-10-8-12(2)3/h12-13,15H,5-11H2,1-4H3. The van der Waals surface area contributed by atoms with Gasteiger partial charge in [-0.1, -0.05) is 33.6 Å². The van der Waals surface area contributed by atoms with E-state index in [1.165, 1.54) is 7.11 Å². The van der Waals surface area contributed by atoms with E-state index in [4.69, 9.17) is 9.47 Å². The number of ether oxygens (including phenoxy) is 2. The van der Waals surface area contributed by atoms with E-state index in [0.717, 1.165) is 32.3 Å². The van der Waals surface area contributed by atoms with E-state index in [0.29, 0.717) is 19.1 Å². The predicted octanol–water partition coefficient (Wildman–Crippen LogP) is 2.37. The second kappa shape index (κ2) is 11.5. The highest BCUT2D eigenvalue weighted by Gasteiger charge is 2.17. The minimum absolute atomic E-state index is 0.175. The predicted molar refractivity (Wildman–Crippen MR) is 73.6 cm³/mol. The van der Waals surface area contributed by atoms with Gasteiger partial charge in [0.2, 0.25) is 0 Å². The summed E-state index contributed by atoms with van der Waals surface area (Å²) >= 11 is 0. The van der Waals surface area contributed by atoms with Crippen molar-refractivity contribution in [2.45, 2.75) is 52.5 Å². The second-order valence-electron chi connectivity index (χ2n) is 4.97. The van der Waals surface area contributed by atoms with E-state index in [1.807, 2.05) is 0 Å². The van der Waals surface area contributed by atoms with E-state index in [2.05, 4.69) is 26.1 Å². The molecule has 0 radical (unpaired) electrons. The van der Waals surface area contributed by atoms with Crippen molar-refractivity contribution in [1.82, 2.24) is 5.32 Å². The van der Waals surface area contributed by atoms with Crippen LogP contribution in [0, 0.1) is 5.92 Å². The molecule has 0 heterocycles. The third kappa shape index (κ3) is 9.42. The molecule has 4 heteroatoms. The normalized spacial score (nSPS) is 12.7. The molecule has 0 aliphatic heterocycles. The number of rotatable bonds is 11. The van der Waals surface area contributed by atoms with Crippen molar-refractivity contribution in [2.24, 2.45) is 5.92 Å². The van der Waals surface area contributed by atoms with Gasteiger partial charge < -0.3 is 14.8 Å². The summed E-state index contributed by atoms with van der Waals surface area (Å²) in [7, 11) is 1.43. The molecule has 4 nitrogen and oxygen atoms in total. The van der Waals surface area contributed by atoms with Crippen LogP contribution in [0.5, 0.6) is 0 Å². The van der Waals surface area contributed by atoms with E-state index < -0.39 is 0 Å². The lowest BCUT2D eigenvalue weighted by atomic mass is 10.1. The quantitative estimate of drug-likeness (QED) is 0.457. The summed E-state index contributed by atoms with van der Waals surface area (Å²) in [6.45, 7) is 8.60. The lowest BCUT2D eigenvalue weighted by Crippen LogP contribution is -2.39. The Kier molecular flexibility index (Phi) is 11.1. The average Bonchev–Trinajstić information content (AvgIpc) is 2.35. The average molecular weight is 259 g/mol. The maximum atomic E-state index is 11.5. The van der Waals surface area contributed by atoms with Gasteiger partial charge in [0, 0.05) is 13.2 Å². The van der Waals surface area contributed by atoms with Gasteiger partial charge in [-0.05, 0) is 18.8 Å². The lowest BCUT2D eigenvalue weighted by Gasteiger charge is -2.16. The van der Waals surface area contributed by atoms with Crippen molar-refractivity contribution in [3.05, 3.63) is 0 Å². The molecule has 0 aliphatic carbocycles. The molecule has 108 valence electrons. The number of esters is 1. The fraction of sp³-hybridized carbons (Fsp3) is 0.929. The van der Waals surface area contributed by atoms with E-state index in [-0.39, 0.29) is 12.0 Å². The summed E-state index contributed by atoms with van der Waals surface area (Å²) in [5.41, 5.74) is 0. The number of unbranched alkanes of at least 4 members (excludes halogenated alkanes) is 1. The van der Waals surface area contributed by atoms with Crippen molar-refractivity contribution in [2.75, 3.05) is 26.9 Å². The summed E-state index contributed by atoms with van der Waals surface area (Å²) in [5.74, 6) is 0.496. The van der Waals surface area contributed by atoms with Gasteiger partial charge in [-0.25, -0.2) is 0 Å². The van der Waals surface area contributed by atoms with Gasteiger partial charge in [-0.3, -0.25) is 4.79 Å². The summed E-state index contributed by atoms with van der Waals surface area (Å²) < 4.78 is 10.3. The molecule has 0 saturated carbocycles. The van der Waals surface area contributed by atoms with Crippen LogP contribution in [-0.2, 0) is 14.3 Å². The summed E-state index contributed by atoms with van der Waals surface area (Å²) in [6.07, 6.45) is 4.02. The molecule has 0 fully saturated rings.